The van der Waals surface area contributed by atoms with Gasteiger partial charge in [0.15, 0.2) is 0 Å². The van der Waals surface area contributed by atoms with E-state index >= 15 is 0 Å². The molecule has 2 aliphatic heterocycles. The number of hydrogen-bond donors (Lipinski definition) is 0. The summed E-state index contributed by atoms with van der Waals surface area (Å²) in [6, 6.07) is 45.8. The number of nitrogens with zero attached hydrogens (tertiary/aromatic N) is 2. The second-order valence-electron chi connectivity index (χ2n) is 14.3. The summed E-state index contributed by atoms with van der Waals surface area (Å²) in [4.78, 5) is 4.91. The SMILES string of the molecule is Cc1ccc(N(c2ccc(C)cc2)c2ccc3c(c2)B2c4cc(C)ccc4N(c4ccc(C)cc4)c4ccc(C)c(c42)C3(C)C)cc1. The Bertz CT molecular complexity index is 2110. The molecule has 2 aliphatic rings. The lowest BCUT2D eigenvalue weighted by Crippen LogP contribution is -2.64. The maximum Gasteiger partial charge on any atom is 0.247 e. The molecule has 0 saturated carbocycles. The Hall–Kier alpha value is -5.02. The van der Waals surface area contributed by atoms with Gasteiger partial charge in [-0.05, 0) is 123 Å². The van der Waals surface area contributed by atoms with Crippen molar-refractivity contribution < 1.29 is 0 Å². The summed E-state index contributed by atoms with van der Waals surface area (Å²) in [5.41, 5.74) is 20.6. The van der Waals surface area contributed by atoms with Crippen LogP contribution in [0.5, 0.6) is 0 Å². The van der Waals surface area contributed by atoms with Crippen molar-refractivity contribution in [3.63, 3.8) is 0 Å². The van der Waals surface area contributed by atoms with Crippen molar-refractivity contribution >= 4 is 57.2 Å². The van der Waals surface area contributed by atoms with Crippen LogP contribution in [-0.2, 0) is 5.41 Å². The maximum absolute atomic E-state index is 2.50. The van der Waals surface area contributed by atoms with Gasteiger partial charge in [-0.15, -0.1) is 0 Å². The normalized spacial score (nSPS) is 13.9. The predicted octanol–water partition coefficient (Wildman–Crippen LogP) is 9.64. The first-order valence-corrected chi connectivity index (χ1v) is 16.8. The summed E-state index contributed by atoms with van der Waals surface area (Å²) in [5, 5.41) is 0. The third-order valence-electron chi connectivity index (χ3n) is 10.5. The summed E-state index contributed by atoms with van der Waals surface area (Å²) < 4.78 is 0. The summed E-state index contributed by atoms with van der Waals surface area (Å²) in [6.07, 6.45) is 0. The Morgan fingerprint density at radius 3 is 1.66 bits per heavy atom. The molecule has 0 saturated heterocycles. The van der Waals surface area contributed by atoms with Crippen LogP contribution in [0.2, 0.25) is 0 Å². The van der Waals surface area contributed by atoms with Crippen LogP contribution in [0.4, 0.5) is 34.1 Å². The van der Waals surface area contributed by atoms with Crippen LogP contribution in [-0.4, -0.2) is 6.71 Å². The van der Waals surface area contributed by atoms with E-state index in [1.165, 1.54) is 78.1 Å². The Morgan fingerprint density at radius 2 is 1.04 bits per heavy atom. The first-order chi connectivity index (χ1) is 22.6. The zero-order valence-corrected chi connectivity index (χ0v) is 28.5. The molecule has 2 heterocycles. The number of anilines is 6. The van der Waals surface area contributed by atoms with Crippen LogP contribution in [0.25, 0.3) is 0 Å². The Labute approximate surface area is 280 Å². The van der Waals surface area contributed by atoms with E-state index in [2.05, 4.69) is 180 Å². The highest BCUT2D eigenvalue weighted by Crippen LogP contribution is 2.45. The Morgan fingerprint density at radius 1 is 0.511 bits per heavy atom. The monoisotopic (exact) mass is 608 g/mol. The van der Waals surface area contributed by atoms with E-state index in [0.717, 1.165) is 11.4 Å². The van der Waals surface area contributed by atoms with E-state index in [4.69, 9.17) is 0 Å². The van der Waals surface area contributed by atoms with Gasteiger partial charge in [-0.2, -0.15) is 0 Å². The van der Waals surface area contributed by atoms with Crippen LogP contribution in [0.3, 0.4) is 0 Å². The van der Waals surface area contributed by atoms with Crippen LogP contribution >= 0.6 is 0 Å². The molecule has 0 bridgehead atoms. The predicted molar refractivity (Wildman–Crippen MR) is 203 cm³/mol. The van der Waals surface area contributed by atoms with Crippen molar-refractivity contribution in [2.24, 2.45) is 0 Å². The summed E-state index contributed by atoms with van der Waals surface area (Å²) in [6.45, 7) is 16.0. The van der Waals surface area contributed by atoms with E-state index in [9.17, 15) is 0 Å². The van der Waals surface area contributed by atoms with E-state index in [0.29, 0.717) is 0 Å². The van der Waals surface area contributed by atoms with Crippen LogP contribution < -0.4 is 26.2 Å². The van der Waals surface area contributed by atoms with E-state index < -0.39 is 0 Å². The molecular formula is C44H41BN2. The molecule has 47 heavy (non-hydrogen) atoms. The third-order valence-corrected chi connectivity index (χ3v) is 10.5. The number of hydrogen-bond acceptors (Lipinski definition) is 2. The molecule has 8 rings (SSSR count). The van der Waals surface area contributed by atoms with Gasteiger partial charge in [-0.25, -0.2) is 0 Å². The zero-order valence-electron chi connectivity index (χ0n) is 28.5. The first-order valence-electron chi connectivity index (χ1n) is 16.8. The minimum absolute atomic E-state index is 0.123. The molecule has 3 heteroatoms. The molecule has 0 amide bonds. The molecule has 0 fully saturated rings. The van der Waals surface area contributed by atoms with Crippen LogP contribution in [0.15, 0.2) is 121 Å². The van der Waals surface area contributed by atoms with Gasteiger partial charge in [0, 0.05) is 39.5 Å². The molecule has 6 aromatic carbocycles. The second kappa shape index (κ2) is 10.8. The fourth-order valence-electron chi connectivity index (χ4n) is 8.19. The molecule has 0 N–H and O–H groups in total. The number of fused-ring (bicyclic) bond motifs is 4. The molecule has 0 spiro atoms. The lowest BCUT2D eigenvalue weighted by Gasteiger charge is -2.46. The number of aryl methyl sites for hydroxylation is 5. The number of benzene rings is 6. The van der Waals surface area contributed by atoms with Crippen LogP contribution in [0.1, 0.15) is 52.8 Å². The fraction of sp³-hybridized carbons (Fsp3) is 0.182. The van der Waals surface area contributed by atoms with Crippen molar-refractivity contribution in [3.8, 4) is 0 Å². The van der Waals surface area contributed by atoms with Gasteiger partial charge >= 0.3 is 0 Å². The summed E-state index contributed by atoms with van der Waals surface area (Å²) in [5.74, 6) is 0. The standard InChI is InChI=1S/C44H41BN2/c1-28-8-16-33(17-9-28)46(34-18-10-29(2)11-19-34)36-22-23-37-38(27-36)45-39-26-31(4)14-24-40(39)47(35-20-12-30(3)13-21-35)41-25-15-32(5)42(43(41)45)44(37,6)7/h8-27H,1-7H3. The van der Waals surface area contributed by atoms with Crippen molar-refractivity contribution in [2.45, 2.75) is 53.9 Å². The molecule has 0 aliphatic carbocycles. The first kappa shape index (κ1) is 29.4. The molecule has 230 valence electrons. The average Bonchev–Trinajstić information content (AvgIpc) is 3.05. The minimum Gasteiger partial charge on any atom is -0.312 e. The topological polar surface area (TPSA) is 6.48 Å². The number of rotatable bonds is 4. The fourth-order valence-corrected chi connectivity index (χ4v) is 8.19. The molecular weight excluding hydrogens is 567 g/mol. The Balaban J connectivity index is 1.41. The highest BCUT2D eigenvalue weighted by molar-refractivity contribution is 6.99. The highest BCUT2D eigenvalue weighted by atomic mass is 15.2. The van der Waals surface area contributed by atoms with Gasteiger partial charge in [0.2, 0.25) is 6.71 Å². The highest BCUT2D eigenvalue weighted by Gasteiger charge is 2.46. The van der Waals surface area contributed by atoms with Gasteiger partial charge in [0.25, 0.3) is 0 Å². The van der Waals surface area contributed by atoms with E-state index in [1.807, 2.05) is 0 Å². The van der Waals surface area contributed by atoms with Gasteiger partial charge in [-0.1, -0.05) is 102 Å². The van der Waals surface area contributed by atoms with Gasteiger partial charge < -0.3 is 9.80 Å². The summed E-state index contributed by atoms with van der Waals surface area (Å²) >= 11 is 0. The van der Waals surface area contributed by atoms with Gasteiger partial charge in [0.05, 0.1) is 0 Å². The second-order valence-corrected chi connectivity index (χ2v) is 14.3. The molecule has 0 unspecified atom stereocenters. The van der Waals surface area contributed by atoms with E-state index in [-0.39, 0.29) is 12.1 Å². The molecule has 0 atom stereocenters. The lowest BCUT2D eigenvalue weighted by molar-refractivity contribution is 0.641. The van der Waals surface area contributed by atoms with Crippen molar-refractivity contribution in [1.82, 2.24) is 0 Å². The smallest absolute Gasteiger partial charge is 0.247 e. The third kappa shape index (κ3) is 4.63. The van der Waals surface area contributed by atoms with Gasteiger partial charge in [0.1, 0.15) is 0 Å². The van der Waals surface area contributed by atoms with E-state index in [1.54, 1.807) is 0 Å². The molecule has 6 aromatic rings. The minimum atomic E-state index is -0.168. The largest absolute Gasteiger partial charge is 0.312 e. The van der Waals surface area contributed by atoms with Crippen LogP contribution in [0, 0.1) is 34.6 Å². The molecule has 2 nitrogen and oxygen atoms in total. The Kier molecular flexibility index (Phi) is 6.74. The summed E-state index contributed by atoms with van der Waals surface area (Å²) in [7, 11) is 0. The van der Waals surface area contributed by atoms with Crippen molar-refractivity contribution in [2.75, 3.05) is 9.80 Å². The maximum atomic E-state index is 2.50. The van der Waals surface area contributed by atoms with Crippen molar-refractivity contribution in [3.05, 3.63) is 160 Å². The molecule has 0 radical (unpaired) electrons. The van der Waals surface area contributed by atoms with Crippen molar-refractivity contribution in [1.29, 1.82) is 0 Å². The molecule has 0 aromatic heterocycles. The average molecular weight is 609 g/mol. The quantitative estimate of drug-likeness (QED) is 0.184. The zero-order chi connectivity index (χ0) is 32.6. The lowest BCUT2D eigenvalue weighted by atomic mass is 9.30. The van der Waals surface area contributed by atoms with Gasteiger partial charge in [-0.3, -0.25) is 0 Å².